The molecule has 1 amide bonds. The van der Waals surface area contributed by atoms with Crippen LogP contribution in [0, 0.1) is 0 Å². The van der Waals surface area contributed by atoms with Crippen molar-refractivity contribution < 1.29 is 9.53 Å². The number of ether oxygens (including phenoxy) is 1. The van der Waals surface area contributed by atoms with Gasteiger partial charge in [-0.15, -0.1) is 0 Å². The van der Waals surface area contributed by atoms with Crippen molar-refractivity contribution in [2.75, 3.05) is 31.1 Å². The third kappa shape index (κ3) is 3.67. The summed E-state index contributed by atoms with van der Waals surface area (Å²) in [5, 5.41) is 3.16. The Bertz CT molecular complexity index is 528. The van der Waals surface area contributed by atoms with E-state index in [1.165, 1.54) is 6.20 Å². The maximum absolute atomic E-state index is 12.3. The highest BCUT2D eigenvalue weighted by molar-refractivity contribution is 6.33. The first-order valence-electron chi connectivity index (χ1n) is 7.91. The Morgan fingerprint density at radius 1 is 1.41 bits per heavy atom. The lowest BCUT2D eigenvalue weighted by molar-refractivity contribution is 0.0903. The van der Waals surface area contributed by atoms with Crippen molar-refractivity contribution in [3.63, 3.8) is 0 Å². The molecule has 7 heteroatoms. The number of aromatic nitrogens is 2. The summed E-state index contributed by atoms with van der Waals surface area (Å²) in [7, 11) is 0. The van der Waals surface area contributed by atoms with Gasteiger partial charge in [0.1, 0.15) is 0 Å². The van der Waals surface area contributed by atoms with Crippen LogP contribution >= 0.6 is 11.6 Å². The van der Waals surface area contributed by atoms with Gasteiger partial charge in [-0.1, -0.05) is 11.6 Å². The van der Waals surface area contributed by atoms with Gasteiger partial charge >= 0.3 is 0 Å². The molecule has 1 aromatic rings. The van der Waals surface area contributed by atoms with E-state index in [0.717, 1.165) is 51.8 Å². The zero-order chi connectivity index (χ0) is 15.4. The lowest BCUT2D eigenvalue weighted by Crippen LogP contribution is -2.29. The van der Waals surface area contributed by atoms with Gasteiger partial charge in [0, 0.05) is 26.2 Å². The van der Waals surface area contributed by atoms with E-state index < -0.39 is 0 Å². The summed E-state index contributed by atoms with van der Waals surface area (Å²) in [6.45, 7) is 3.27. The van der Waals surface area contributed by atoms with E-state index in [9.17, 15) is 4.79 Å². The maximum atomic E-state index is 12.3. The molecule has 3 heterocycles. The molecule has 0 saturated carbocycles. The minimum absolute atomic E-state index is 0.245. The van der Waals surface area contributed by atoms with Gasteiger partial charge in [0.15, 0.2) is 5.69 Å². The number of halogens is 1. The molecule has 0 unspecified atom stereocenters. The third-order valence-corrected chi connectivity index (χ3v) is 4.39. The second-order valence-corrected chi connectivity index (χ2v) is 6.15. The van der Waals surface area contributed by atoms with Crippen molar-refractivity contribution >= 4 is 23.5 Å². The molecular formula is C15H21ClN4O2. The normalized spacial score (nSPS) is 21.3. The van der Waals surface area contributed by atoms with Gasteiger partial charge in [-0.3, -0.25) is 4.79 Å². The molecule has 2 aliphatic rings. The van der Waals surface area contributed by atoms with Crippen LogP contribution < -0.4 is 10.2 Å². The minimum Gasteiger partial charge on any atom is -0.378 e. The van der Waals surface area contributed by atoms with E-state index in [1.54, 1.807) is 0 Å². The average molecular weight is 325 g/mol. The molecule has 22 heavy (non-hydrogen) atoms. The molecule has 120 valence electrons. The molecule has 0 spiro atoms. The maximum Gasteiger partial charge on any atom is 0.271 e. The first-order chi connectivity index (χ1) is 10.7. The second kappa shape index (κ2) is 7.24. The number of hydrogen-bond acceptors (Lipinski definition) is 5. The Balaban J connectivity index is 1.59. The van der Waals surface area contributed by atoms with Crippen LogP contribution in [0.4, 0.5) is 5.95 Å². The predicted octanol–water partition coefficient (Wildman–Crippen LogP) is 2.03. The number of amides is 1. The first kappa shape index (κ1) is 15.5. The van der Waals surface area contributed by atoms with Gasteiger partial charge in [-0.2, -0.15) is 0 Å². The molecule has 0 bridgehead atoms. The fraction of sp³-hybridized carbons (Fsp3) is 0.667. The average Bonchev–Trinajstić information content (AvgIpc) is 3.21. The Morgan fingerprint density at radius 3 is 2.95 bits per heavy atom. The van der Waals surface area contributed by atoms with Crippen LogP contribution in [0.3, 0.4) is 0 Å². The number of nitrogens with one attached hydrogen (secondary N) is 1. The van der Waals surface area contributed by atoms with E-state index >= 15 is 0 Å². The number of carbonyl (C=O) groups is 1. The van der Waals surface area contributed by atoms with E-state index in [0.29, 0.717) is 12.5 Å². The van der Waals surface area contributed by atoms with Crippen LogP contribution in [0.2, 0.25) is 5.02 Å². The van der Waals surface area contributed by atoms with Gasteiger partial charge in [-0.05, 0) is 32.1 Å². The van der Waals surface area contributed by atoms with Crippen molar-refractivity contribution in [1.29, 1.82) is 0 Å². The highest BCUT2D eigenvalue weighted by atomic mass is 35.5. The summed E-state index contributed by atoms with van der Waals surface area (Å²) in [4.78, 5) is 22.9. The molecule has 2 aliphatic heterocycles. The molecule has 2 saturated heterocycles. The van der Waals surface area contributed by atoms with Crippen molar-refractivity contribution in [2.24, 2.45) is 0 Å². The number of anilines is 1. The minimum atomic E-state index is -0.245. The SMILES string of the molecule is O=C(NCC[C@H]1CCCO1)c1nc(N2CCCC2)ncc1Cl. The van der Waals surface area contributed by atoms with Crippen molar-refractivity contribution in [3.8, 4) is 0 Å². The van der Waals surface area contributed by atoms with Gasteiger partial charge in [0.2, 0.25) is 5.95 Å². The molecule has 2 fully saturated rings. The Labute approximate surface area is 135 Å². The van der Waals surface area contributed by atoms with Gasteiger partial charge < -0.3 is 15.0 Å². The molecule has 1 aromatic heterocycles. The summed E-state index contributed by atoms with van der Waals surface area (Å²) in [5.74, 6) is 0.344. The number of hydrogen-bond donors (Lipinski definition) is 1. The standard InChI is InChI=1S/C15H21ClN4O2/c16-12-10-18-15(20-7-1-2-8-20)19-13(12)14(21)17-6-5-11-4-3-9-22-11/h10-11H,1-9H2,(H,17,21)/t11-/m1/s1. The van der Waals surface area contributed by atoms with Gasteiger partial charge in [0.25, 0.3) is 5.91 Å². The molecule has 3 rings (SSSR count). The highest BCUT2D eigenvalue weighted by Crippen LogP contribution is 2.20. The molecule has 1 N–H and O–H groups in total. The van der Waals surface area contributed by atoms with Crippen molar-refractivity contribution in [2.45, 2.75) is 38.2 Å². The monoisotopic (exact) mass is 324 g/mol. The topological polar surface area (TPSA) is 67.3 Å². The molecular weight excluding hydrogens is 304 g/mol. The largest absolute Gasteiger partial charge is 0.378 e. The molecule has 0 radical (unpaired) electrons. The van der Waals surface area contributed by atoms with Crippen LogP contribution in [0.15, 0.2) is 6.20 Å². The number of rotatable bonds is 5. The zero-order valence-corrected chi connectivity index (χ0v) is 13.3. The highest BCUT2D eigenvalue weighted by Gasteiger charge is 2.20. The Kier molecular flexibility index (Phi) is 5.10. The van der Waals surface area contributed by atoms with Crippen LogP contribution in [0.25, 0.3) is 0 Å². The van der Waals surface area contributed by atoms with Gasteiger partial charge in [-0.25, -0.2) is 9.97 Å². The van der Waals surface area contributed by atoms with Crippen LogP contribution in [-0.2, 0) is 4.74 Å². The molecule has 1 atom stereocenters. The van der Waals surface area contributed by atoms with Crippen LogP contribution in [-0.4, -0.2) is 48.2 Å². The lowest BCUT2D eigenvalue weighted by atomic mass is 10.2. The van der Waals surface area contributed by atoms with Crippen molar-refractivity contribution in [3.05, 3.63) is 16.9 Å². The van der Waals surface area contributed by atoms with E-state index in [2.05, 4.69) is 20.2 Å². The Morgan fingerprint density at radius 2 is 2.23 bits per heavy atom. The fourth-order valence-electron chi connectivity index (χ4n) is 2.89. The van der Waals surface area contributed by atoms with Gasteiger partial charge in [0.05, 0.1) is 17.3 Å². The summed E-state index contributed by atoms with van der Waals surface area (Å²) >= 11 is 6.07. The van der Waals surface area contributed by atoms with Crippen LogP contribution in [0.1, 0.15) is 42.6 Å². The van der Waals surface area contributed by atoms with Crippen molar-refractivity contribution in [1.82, 2.24) is 15.3 Å². The summed E-state index contributed by atoms with van der Waals surface area (Å²) < 4.78 is 5.54. The van der Waals surface area contributed by atoms with Crippen LogP contribution in [0.5, 0.6) is 0 Å². The fourth-order valence-corrected chi connectivity index (χ4v) is 3.07. The quantitative estimate of drug-likeness (QED) is 0.897. The summed E-state index contributed by atoms with van der Waals surface area (Å²) in [5.41, 5.74) is 0.255. The molecule has 0 aliphatic carbocycles. The first-order valence-corrected chi connectivity index (χ1v) is 8.29. The van der Waals surface area contributed by atoms with E-state index in [4.69, 9.17) is 16.3 Å². The molecule has 6 nitrogen and oxygen atoms in total. The van der Waals surface area contributed by atoms with E-state index in [-0.39, 0.29) is 22.7 Å². The smallest absolute Gasteiger partial charge is 0.271 e. The zero-order valence-electron chi connectivity index (χ0n) is 12.6. The number of carbonyl (C=O) groups excluding carboxylic acids is 1. The van der Waals surface area contributed by atoms with E-state index in [1.807, 2.05) is 0 Å². The second-order valence-electron chi connectivity index (χ2n) is 5.74. The summed E-state index contributed by atoms with van der Waals surface area (Å²) in [6, 6.07) is 0. The summed E-state index contributed by atoms with van der Waals surface area (Å²) in [6.07, 6.45) is 7.05. The molecule has 0 aromatic carbocycles. The number of nitrogens with zero attached hydrogens (tertiary/aromatic N) is 3. The third-order valence-electron chi connectivity index (χ3n) is 4.11. The Hall–Kier alpha value is -1.40. The predicted molar refractivity (Wildman–Crippen MR) is 84.4 cm³/mol. The lowest BCUT2D eigenvalue weighted by Gasteiger charge is -2.16.